The molecule has 2 aliphatic carbocycles. The molecule has 0 bridgehead atoms. The van der Waals surface area contributed by atoms with Crippen LogP contribution in [0.25, 0.3) is 0 Å². The van der Waals surface area contributed by atoms with E-state index < -0.39 is 0 Å². The molecule has 0 aromatic carbocycles. The summed E-state index contributed by atoms with van der Waals surface area (Å²) >= 11 is 1.96. The molecule has 0 radical (unpaired) electrons. The minimum atomic E-state index is 0.706. The molecule has 3 aliphatic rings. The van der Waals surface area contributed by atoms with Crippen molar-refractivity contribution in [2.45, 2.75) is 44.8 Å². The molecule has 2 saturated carbocycles. The fourth-order valence-corrected chi connectivity index (χ4v) is 3.83. The predicted molar refractivity (Wildman–Crippen MR) is 75.5 cm³/mol. The van der Waals surface area contributed by atoms with Crippen LogP contribution in [0.4, 0.5) is 0 Å². The van der Waals surface area contributed by atoms with Crippen LogP contribution in [0.2, 0.25) is 0 Å². The Kier molecular flexibility index (Phi) is 3.38. The van der Waals surface area contributed by atoms with Crippen molar-refractivity contribution in [1.82, 2.24) is 5.32 Å². The van der Waals surface area contributed by atoms with Gasteiger partial charge in [-0.05, 0) is 49.4 Å². The fraction of sp³-hybridized carbons (Fsp3) is 0.929. The van der Waals surface area contributed by atoms with E-state index in [0.717, 1.165) is 30.2 Å². The van der Waals surface area contributed by atoms with E-state index in [4.69, 9.17) is 0 Å². The summed E-state index contributed by atoms with van der Waals surface area (Å²) in [5, 5.41) is 5.55. The van der Waals surface area contributed by atoms with Crippen LogP contribution < -0.4 is 5.32 Å². The standard InChI is InChI=1S/C14H24N2S/c1-9(2)13-8-16-14(17-13)15-7-12(10-3-4-10)11-5-6-11/h9-13H,3-8H2,1-2H3,(H,15,16). The van der Waals surface area contributed by atoms with Crippen molar-refractivity contribution in [1.29, 1.82) is 0 Å². The van der Waals surface area contributed by atoms with Crippen molar-refractivity contribution in [3.05, 3.63) is 0 Å². The van der Waals surface area contributed by atoms with Gasteiger partial charge < -0.3 is 5.32 Å². The van der Waals surface area contributed by atoms with Crippen LogP contribution in [0.1, 0.15) is 39.5 Å². The largest absolute Gasteiger partial charge is 0.365 e. The normalized spacial score (nSPS) is 28.9. The lowest BCUT2D eigenvalue weighted by molar-refractivity contribution is 0.403. The zero-order valence-corrected chi connectivity index (χ0v) is 11.8. The van der Waals surface area contributed by atoms with Gasteiger partial charge in [0, 0.05) is 11.8 Å². The Labute approximate surface area is 109 Å². The lowest BCUT2D eigenvalue weighted by Gasteiger charge is -2.17. The first-order valence-electron chi connectivity index (χ1n) is 7.19. The van der Waals surface area contributed by atoms with Crippen LogP contribution in [-0.4, -0.2) is 23.5 Å². The van der Waals surface area contributed by atoms with Gasteiger partial charge in [-0.2, -0.15) is 0 Å². The molecule has 0 saturated heterocycles. The second kappa shape index (κ2) is 4.83. The third-order valence-electron chi connectivity index (χ3n) is 4.37. The van der Waals surface area contributed by atoms with Gasteiger partial charge in [0.05, 0.1) is 6.54 Å². The predicted octanol–water partition coefficient (Wildman–Crippen LogP) is 3.14. The van der Waals surface area contributed by atoms with Gasteiger partial charge in [-0.1, -0.05) is 25.6 Å². The Balaban J connectivity index is 1.44. The second-order valence-electron chi connectivity index (χ2n) is 6.27. The zero-order chi connectivity index (χ0) is 11.8. The van der Waals surface area contributed by atoms with Gasteiger partial charge in [0.25, 0.3) is 0 Å². The smallest absolute Gasteiger partial charge is 0.156 e. The molecule has 17 heavy (non-hydrogen) atoms. The molecule has 0 spiro atoms. The fourth-order valence-electron chi connectivity index (χ4n) is 2.81. The number of thioether (sulfide) groups is 1. The van der Waals surface area contributed by atoms with Crippen LogP contribution in [0.5, 0.6) is 0 Å². The lowest BCUT2D eigenvalue weighted by Crippen LogP contribution is -2.29. The summed E-state index contributed by atoms with van der Waals surface area (Å²) < 4.78 is 0. The highest BCUT2D eigenvalue weighted by atomic mass is 32.2. The SMILES string of the molecule is CC(C)C1CN=C(NCC(C2CC2)C2CC2)S1. The average Bonchev–Trinajstić information content (AvgIpc) is 3.20. The monoisotopic (exact) mass is 252 g/mol. The van der Waals surface area contributed by atoms with Gasteiger partial charge in [-0.25, -0.2) is 0 Å². The summed E-state index contributed by atoms with van der Waals surface area (Å²) in [6.07, 6.45) is 5.93. The quantitative estimate of drug-likeness (QED) is 0.813. The van der Waals surface area contributed by atoms with E-state index in [1.807, 2.05) is 11.8 Å². The molecular formula is C14H24N2S. The topological polar surface area (TPSA) is 24.4 Å². The van der Waals surface area contributed by atoms with Crippen LogP contribution in [0.3, 0.4) is 0 Å². The van der Waals surface area contributed by atoms with Gasteiger partial charge in [0.2, 0.25) is 0 Å². The van der Waals surface area contributed by atoms with Crippen LogP contribution in [-0.2, 0) is 0 Å². The molecule has 96 valence electrons. The van der Waals surface area contributed by atoms with E-state index in [0.29, 0.717) is 5.25 Å². The third kappa shape index (κ3) is 2.98. The number of rotatable bonds is 5. The number of hydrogen-bond acceptors (Lipinski definition) is 3. The molecular weight excluding hydrogens is 228 g/mol. The molecule has 2 nitrogen and oxygen atoms in total. The van der Waals surface area contributed by atoms with Crippen molar-refractivity contribution in [2.75, 3.05) is 13.1 Å². The second-order valence-corrected chi connectivity index (χ2v) is 7.49. The minimum absolute atomic E-state index is 0.706. The molecule has 1 atom stereocenters. The highest BCUT2D eigenvalue weighted by Gasteiger charge is 2.41. The molecule has 1 heterocycles. The molecule has 3 rings (SSSR count). The van der Waals surface area contributed by atoms with Crippen LogP contribution in [0.15, 0.2) is 4.99 Å². The average molecular weight is 252 g/mol. The van der Waals surface area contributed by atoms with E-state index in [-0.39, 0.29) is 0 Å². The number of aliphatic imine (C=N–C) groups is 1. The Morgan fingerprint density at radius 3 is 2.35 bits per heavy atom. The van der Waals surface area contributed by atoms with Gasteiger partial charge >= 0.3 is 0 Å². The van der Waals surface area contributed by atoms with E-state index in [2.05, 4.69) is 24.2 Å². The van der Waals surface area contributed by atoms with Crippen molar-refractivity contribution in [3.63, 3.8) is 0 Å². The summed E-state index contributed by atoms with van der Waals surface area (Å²) in [5.74, 6) is 3.79. The molecule has 0 amide bonds. The molecule has 0 aromatic heterocycles. The zero-order valence-electron chi connectivity index (χ0n) is 11.0. The van der Waals surface area contributed by atoms with Gasteiger partial charge in [0.1, 0.15) is 0 Å². The highest BCUT2D eigenvalue weighted by Crippen LogP contribution is 2.48. The van der Waals surface area contributed by atoms with Crippen LogP contribution >= 0.6 is 11.8 Å². The lowest BCUT2D eigenvalue weighted by atomic mass is 9.98. The third-order valence-corrected chi connectivity index (χ3v) is 5.86. The first kappa shape index (κ1) is 11.9. The summed E-state index contributed by atoms with van der Waals surface area (Å²) in [6.45, 7) is 6.80. The molecule has 3 heteroatoms. The maximum Gasteiger partial charge on any atom is 0.156 e. The highest BCUT2D eigenvalue weighted by molar-refractivity contribution is 8.14. The first-order valence-corrected chi connectivity index (χ1v) is 8.07. The van der Waals surface area contributed by atoms with E-state index in [1.165, 1.54) is 37.4 Å². The summed E-state index contributed by atoms with van der Waals surface area (Å²) in [6, 6.07) is 0. The number of hydrogen-bond donors (Lipinski definition) is 1. The Morgan fingerprint density at radius 2 is 1.88 bits per heavy atom. The maximum absolute atomic E-state index is 4.64. The first-order chi connectivity index (χ1) is 8.24. The maximum atomic E-state index is 4.64. The van der Waals surface area contributed by atoms with E-state index >= 15 is 0 Å². The molecule has 2 fully saturated rings. The van der Waals surface area contributed by atoms with Gasteiger partial charge in [-0.15, -0.1) is 0 Å². The van der Waals surface area contributed by atoms with Crippen molar-refractivity contribution in [3.8, 4) is 0 Å². The Bertz CT molecular complexity index is 293. The Hall–Kier alpha value is -0.180. The van der Waals surface area contributed by atoms with Crippen molar-refractivity contribution >= 4 is 16.9 Å². The van der Waals surface area contributed by atoms with E-state index in [1.54, 1.807) is 0 Å². The number of nitrogens with one attached hydrogen (secondary N) is 1. The van der Waals surface area contributed by atoms with Crippen molar-refractivity contribution < 1.29 is 0 Å². The number of amidine groups is 1. The van der Waals surface area contributed by atoms with Gasteiger partial charge in [-0.3, -0.25) is 4.99 Å². The summed E-state index contributed by atoms with van der Waals surface area (Å²) in [7, 11) is 0. The molecule has 0 aromatic rings. The van der Waals surface area contributed by atoms with Crippen molar-refractivity contribution in [2.24, 2.45) is 28.7 Å². The van der Waals surface area contributed by atoms with Crippen LogP contribution in [0, 0.1) is 23.7 Å². The molecule has 1 aliphatic heterocycles. The molecule has 1 unspecified atom stereocenters. The summed E-state index contributed by atoms with van der Waals surface area (Å²) in [5.41, 5.74) is 0. The Morgan fingerprint density at radius 1 is 1.24 bits per heavy atom. The minimum Gasteiger partial charge on any atom is -0.365 e. The van der Waals surface area contributed by atoms with Gasteiger partial charge in [0.15, 0.2) is 5.17 Å². The molecule has 1 N–H and O–H groups in total. The summed E-state index contributed by atoms with van der Waals surface area (Å²) in [4.78, 5) is 4.64. The number of nitrogens with zero attached hydrogens (tertiary/aromatic N) is 1. The van der Waals surface area contributed by atoms with E-state index in [9.17, 15) is 0 Å².